The van der Waals surface area contributed by atoms with Gasteiger partial charge in [-0.2, -0.15) is 5.26 Å². The molecule has 1 rings (SSSR count). The van der Waals surface area contributed by atoms with Crippen LogP contribution in [0.15, 0.2) is 0 Å². The molecule has 0 bridgehead atoms. The second-order valence-electron chi connectivity index (χ2n) is 5.89. The number of likely N-dealkylation sites (tertiary alicyclic amines) is 1. The lowest BCUT2D eigenvalue weighted by molar-refractivity contribution is -0.151. The molecular formula is C13H20N2O3S. The van der Waals surface area contributed by atoms with Crippen molar-refractivity contribution in [3.63, 3.8) is 0 Å². The van der Waals surface area contributed by atoms with E-state index in [1.54, 1.807) is 11.8 Å². The highest BCUT2D eigenvalue weighted by atomic mass is 32.1. The van der Waals surface area contributed by atoms with Gasteiger partial charge < -0.3 is 14.4 Å². The van der Waals surface area contributed by atoms with Gasteiger partial charge in [0.15, 0.2) is 0 Å². The van der Waals surface area contributed by atoms with E-state index in [0.29, 0.717) is 13.0 Å². The molecule has 0 N–H and O–H groups in total. The second kappa shape index (κ2) is 5.33. The molecule has 0 aromatic rings. The fourth-order valence-electron chi connectivity index (χ4n) is 2.17. The summed E-state index contributed by atoms with van der Waals surface area (Å²) in [5.74, 6) is -0.657. The Morgan fingerprint density at radius 3 is 2.53 bits per heavy atom. The van der Waals surface area contributed by atoms with Crippen LogP contribution in [-0.2, 0) is 14.3 Å². The van der Waals surface area contributed by atoms with E-state index in [1.807, 2.05) is 20.8 Å². The molecule has 1 heterocycles. The highest BCUT2D eigenvalue weighted by Crippen LogP contribution is 2.35. The molecule has 0 amide bonds. The van der Waals surface area contributed by atoms with E-state index in [4.69, 9.17) is 27.0 Å². The topological polar surface area (TPSA) is 62.6 Å². The van der Waals surface area contributed by atoms with Crippen molar-refractivity contribution in [3.8, 4) is 6.07 Å². The van der Waals surface area contributed by atoms with Gasteiger partial charge >= 0.3 is 5.97 Å². The van der Waals surface area contributed by atoms with Gasteiger partial charge in [0.2, 0.25) is 0 Å². The number of hydrogen-bond donors (Lipinski definition) is 0. The number of carbonyl (C=O) groups excluding carboxylic acids is 1. The van der Waals surface area contributed by atoms with Gasteiger partial charge in [-0.3, -0.25) is 0 Å². The lowest BCUT2D eigenvalue weighted by Gasteiger charge is -2.35. The first-order valence-electron chi connectivity index (χ1n) is 6.12. The average molecular weight is 284 g/mol. The second-order valence-corrected chi connectivity index (χ2v) is 6.24. The van der Waals surface area contributed by atoms with E-state index in [0.717, 1.165) is 0 Å². The number of hydrogen-bond acceptors (Lipinski definition) is 5. The standard InChI is InChI=1S/C13H20N2O3S/c1-12(2,3)18-11(19)15-8-9(7-14)6-13(15,4)10(16)17-5/h9H,6,8H2,1-5H3/t9-,13?/m0/s1. The highest BCUT2D eigenvalue weighted by Gasteiger charge is 2.50. The number of thiocarbonyl (C=S) groups is 1. The van der Waals surface area contributed by atoms with E-state index in [9.17, 15) is 4.79 Å². The van der Waals surface area contributed by atoms with Crippen LogP contribution >= 0.6 is 12.2 Å². The molecule has 0 saturated carbocycles. The zero-order valence-electron chi connectivity index (χ0n) is 12.0. The van der Waals surface area contributed by atoms with Crippen molar-refractivity contribution >= 4 is 23.4 Å². The van der Waals surface area contributed by atoms with Crippen molar-refractivity contribution in [2.45, 2.75) is 45.3 Å². The number of ether oxygens (including phenoxy) is 2. The van der Waals surface area contributed by atoms with Crippen molar-refractivity contribution < 1.29 is 14.3 Å². The van der Waals surface area contributed by atoms with Crippen molar-refractivity contribution in [1.29, 1.82) is 5.26 Å². The first-order chi connectivity index (χ1) is 8.64. The summed E-state index contributed by atoms with van der Waals surface area (Å²) in [4.78, 5) is 13.6. The van der Waals surface area contributed by atoms with Crippen molar-refractivity contribution in [3.05, 3.63) is 0 Å². The van der Waals surface area contributed by atoms with Gasteiger partial charge in [0, 0.05) is 6.54 Å². The maximum atomic E-state index is 12.0. The maximum absolute atomic E-state index is 12.0. The zero-order chi connectivity index (χ0) is 14.8. The Bertz CT molecular complexity index is 425. The van der Waals surface area contributed by atoms with Gasteiger partial charge in [-0.1, -0.05) is 0 Å². The molecule has 19 heavy (non-hydrogen) atoms. The molecule has 1 fully saturated rings. The summed E-state index contributed by atoms with van der Waals surface area (Å²) in [7, 11) is 1.33. The fourth-order valence-corrected chi connectivity index (χ4v) is 2.70. The van der Waals surface area contributed by atoms with Crippen molar-refractivity contribution in [2.75, 3.05) is 13.7 Å². The van der Waals surface area contributed by atoms with Crippen LogP contribution in [0.25, 0.3) is 0 Å². The minimum atomic E-state index is -0.933. The Labute approximate surface area is 119 Å². The van der Waals surface area contributed by atoms with Gasteiger partial charge in [-0.15, -0.1) is 0 Å². The van der Waals surface area contributed by atoms with Gasteiger partial charge in [0.25, 0.3) is 5.17 Å². The first kappa shape index (κ1) is 15.7. The number of esters is 1. The van der Waals surface area contributed by atoms with Crippen molar-refractivity contribution in [1.82, 2.24) is 4.90 Å². The number of carbonyl (C=O) groups is 1. The van der Waals surface area contributed by atoms with Gasteiger partial charge in [0.1, 0.15) is 11.1 Å². The van der Waals surface area contributed by atoms with E-state index in [-0.39, 0.29) is 11.1 Å². The molecule has 1 aliphatic rings. The average Bonchev–Trinajstić information content (AvgIpc) is 2.64. The summed E-state index contributed by atoms with van der Waals surface area (Å²) >= 11 is 5.27. The Hall–Kier alpha value is -1.35. The minimum absolute atomic E-state index is 0.234. The molecule has 1 unspecified atom stereocenters. The number of methoxy groups -OCH3 is 1. The predicted octanol–water partition coefficient (Wildman–Crippen LogP) is 1.86. The fraction of sp³-hybridized carbons (Fsp3) is 0.769. The summed E-state index contributed by atoms with van der Waals surface area (Å²) < 4.78 is 10.5. The third-order valence-electron chi connectivity index (χ3n) is 3.06. The number of nitrogens with zero attached hydrogens (tertiary/aromatic N) is 2. The van der Waals surface area contributed by atoms with Crippen LogP contribution in [0.4, 0.5) is 0 Å². The molecule has 0 aliphatic carbocycles. The van der Waals surface area contributed by atoms with Gasteiger partial charge in [-0.25, -0.2) is 4.79 Å². The minimum Gasteiger partial charge on any atom is -0.467 e. The SMILES string of the molecule is COC(=O)C1(C)C[C@@H](C#N)CN1C(=S)OC(C)(C)C. The Morgan fingerprint density at radius 2 is 2.11 bits per heavy atom. The highest BCUT2D eigenvalue weighted by molar-refractivity contribution is 7.80. The lowest BCUT2D eigenvalue weighted by Crippen LogP contribution is -2.52. The normalized spacial score (nSPS) is 26.7. The number of rotatable bonds is 1. The molecule has 2 atom stereocenters. The van der Waals surface area contributed by atoms with Gasteiger partial charge in [-0.05, 0) is 46.3 Å². The van der Waals surface area contributed by atoms with E-state index in [1.165, 1.54) is 7.11 Å². The summed E-state index contributed by atoms with van der Waals surface area (Å²) in [6.45, 7) is 7.76. The van der Waals surface area contributed by atoms with Crippen LogP contribution in [0.2, 0.25) is 0 Å². The largest absolute Gasteiger partial charge is 0.467 e. The van der Waals surface area contributed by atoms with Crippen LogP contribution in [-0.4, -0.2) is 40.8 Å². The number of nitriles is 1. The Balaban J connectivity index is 2.99. The predicted molar refractivity (Wildman–Crippen MR) is 74.3 cm³/mol. The quantitative estimate of drug-likeness (QED) is 0.541. The first-order valence-corrected chi connectivity index (χ1v) is 6.53. The summed E-state index contributed by atoms with van der Waals surface area (Å²) in [5, 5.41) is 9.31. The third-order valence-corrected chi connectivity index (χ3v) is 3.37. The molecule has 1 saturated heterocycles. The van der Waals surface area contributed by atoms with Gasteiger partial charge in [0.05, 0.1) is 19.1 Å². The maximum Gasteiger partial charge on any atom is 0.331 e. The van der Waals surface area contributed by atoms with E-state index in [2.05, 4.69) is 6.07 Å². The molecule has 106 valence electrons. The summed E-state index contributed by atoms with van der Waals surface area (Å²) in [6, 6.07) is 2.18. The molecule has 6 heteroatoms. The van der Waals surface area contributed by atoms with E-state index < -0.39 is 17.1 Å². The Morgan fingerprint density at radius 1 is 1.53 bits per heavy atom. The van der Waals surface area contributed by atoms with Crippen LogP contribution < -0.4 is 0 Å². The monoisotopic (exact) mass is 284 g/mol. The Kier molecular flexibility index (Phi) is 4.41. The van der Waals surface area contributed by atoms with Crippen LogP contribution in [0.5, 0.6) is 0 Å². The summed E-state index contributed by atoms with van der Waals surface area (Å²) in [6.07, 6.45) is 0.393. The molecule has 0 spiro atoms. The third kappa shape index (κ3) is 3.35. The molecule has 1 aliphatic heterocycles. The van der Waals surface area contributed by atoms with Crippen LogP contribution in [0, 0.1) is 17.2 Å². The van der Waals surface area contributed by atoms with Crippen molar-refractivity contribution in [2.24, 2.45) is 5.92 Å². The van der Waals surface area contributed by atoms with Crippen LogP contribution in [0.1, 0.15) is 34.1 Å². The zero-order valence-corrected chi connectivity index (χ0v) is 12.8. The molecule has 0 radical (unpaired) electrons. The molecular weight excluding hydrogens is 264 g/mol. The molecule has 5 nitrogen and oxygen atoms in total. The smallest absolute Gasteiger partial charge is 0.331 e. The molecule has 0 aromatic heterocycles. The summed E-state index contributed by atoms with van der Waals surface area (Å²) in [5.41, 5.74) is -1.38. The van der Waals surface area contributed by atoms with E-state index >= 15 is 0 Å². The molecule has 0 aromatic carbocycles. The lowest BCUT2D eigenvalue weighted by atomic mass is 9.95. The van der Waals surface area contributed by atoms with Crippen LogP contribution in [0.3, 0.4) is 0 Å².